The molecule has 14 atom stereocenters. The fourth-order valence-electron chi connectivity index (χ4n) is 11.5. The number of hydrogen-bond acceptors (Lipinski definition) is 22. The minimum absolute atomic E-state index is 0.0618. The monoisotopic (exact) mass is 1540 g/mol. The van der Waals surface area contributed by atoms with E-state index in [1.807, 2.05) is 0 Å². The van der Waals surface area contributed by atoms with Crippen LogP contribution in [0.4, 0.5) is 0 Å². The normalized spacial score (nSPS) is 15.1. The van der Waals surface area contributed by atoms with Gasteiger partial charge in [0.05, 0.1) is 42.9 Å². The molecular weight excluding hydrogens is 1450 g/mol. The van der Waals surface area contributed by atoms with Gasteiger partial charge in [-0.3, -0.25) is 57.3 Å². The number of rotatable bonds is 43. The first-order valence-corrected chi connectivity index (χ1v) is 36.3. The van der Waals surface area contributed by atoms with Crippen molar-refractivity contribution in [2.45, 2.75) is 156 Å². The molecule has 7 rings (SSSR count). The van der Waals surface area contributed by atoms with Gasteiger partial charge in [-0.25, -0.2) is 14.8 Å². The number of hydrogen-bond donors (Lipinski definition) is 21. The van der Waals surface area contributed by atoms with Crippen molar-refractivity contribution in [3.63, 3.8) is 0 Å². The first kappa shape index (κ1) is 85.4. The second-order valence-electron chi connectivity index (χ2n) is 26.1. The summed E-state index contributed by atoms with van der Waals surface area (Å²) in [5.41, 5.74) is 21.6. The van der Waals surface area contributed by atoms with E-state index in [2.05, 4.69) is 98.4 Å². The Morgan fingerprint density at radius 3 is 1.39 bits per heavy atom. The Labute approximate surface area is 638 Å². The minimum Gasteiger partial charge on any atom is -0.480 e. The molecule has 0 saturated carbocycles. The number of unbranched alkanes of at least 4 members (excludes halogenated alkanes) is 1. The van der Waals surface area contributed by atoms with Gasteiger partial charge in [-0.1, -0.05) is 109 Å². The summed E-state index contributed by atoms with van der Waals surface area (Å²) in [5, 5.41) is 67.7. The van der Waals surface area contributed by atoms with Gasteiger partial charge in [0.2, 0.25) is 65.0 Å². The Hall–Kier alpha value is -10.9. The largest absolute Gasteiger partial charge is 0.480 e. The van der Waals surface area contributed by atoms with Crippen molar-refractivity contribution in [1.82, 2.24) is 77.7 Å². The topological polar surface area (TPSA) is 546 Å². The number of aliphatic hydroxyl groups excluding tert-OH is 3. The van der Waals surface area contributed by atoms with Gasteiger partial charge in [0.15, 0.2) is 0 Å². The molecule has 7 aromatic rings. The van der Waals surface area contributed by atoms with Gasteiger partial charge < -0.3 is 101 Å². The molecule has 0 saturated heterocycles. The average molecular weight is 1540 g/mol. The number of carbonyl (C=O) groups excluding carboxylic acids is 11. The number of carboxylic acid groups (broad SMARTS) is 1. The number of nitrogens with zero attached hydrogens (tertiary/aromatic N) is 3. The molecule has 4 aromatic carbocycles. The number of aliphatic hydroxyl groups is 3. The highest BCUT2D eigenvalue weighted by atomic mass is 32.1. The fourth-order valence-corrected chi connectivity index (χ4v) is 11.9. The Kier molecular flexibility index (Phi) is 33.4. The molecule has 0 aliphatic rings. The maximum absolute atomic E-state index is 15.3. The van der Waals surface area contributed by atoms with E-state index in [1.165, 1.54) is 25.0 Å². The summed E-state index contributed by atoms with van der Waals surface area (Å²) >= 11 is 7.99. The predicted molar refractivity (Wildman–Crippen MR) is 405 cm³/mol. The lowest BCUT2D eigenvalue weighted by atomic mass is 10.00. The number of imidazole rings is 2. The number of carboxylic acids is 1. The number of thiol groups is 2. The number of aromatic amines is 2. The third-order valence-electron chi connectivity index (χ3n) is 17.6. The summed E-state index contributed by atoms with van der Waals surface area (Å²) < 4.78 is 1.16. The van der Waals surface area contributed by atoms with Crippen LogP contribution in [0.2, 0.25) is 0 Å². The van der Waals surface area contributed by atoms with E-state index in [-0.39, 0.29) is 75.1 Å². The molecule has 36 heteroatoms. The van der Waals surface area contributed by atoms with Crippen molar-refractivity contribution in [2.75, 3.05) is 24.7 Å². The van der Waals surface area contributed by atoms with Gasteiger partial charge >= 0.3 is 5.97 Å². The van der Waals surface area contributed by atoms with Gasteiger partial charge in [0.25, 0.3) is 0 Å². The zero-order chi connectivity index (χ0) is 79.3. The van der Waals surface area contributed by atoms with Gasteiger partial charge in [0.1, 0.15) is 66.7 Å². The molecule has 0 unspecified atom stereocenters. The highest BCUT2D eigenvalue weighted by molar-refractivity contribution is 7.80. The summed E-state index contributed by atoms with van der Waals surface area (Å²) in [4.78, 5) is 183. The highest BCUT2D eigenvalue weighted by Gasteiger charge is 2.39. The Bertz CT molecular complexity index is 4190. The van der Waals surface area contributed by atoms with Crippen molar-refractivity contribution in [3.8, 4) is 0 Å². The molecular formula is C73H94N18O16S2. The molecule has 0 bridgehead atoms. The number of aliphatic carboxylic acids is 1. The maximum Gasteiger partial charge on any atom is 0.327 e. The number of benzene rings is 4. The van der Waals surface area contributed by atoms with E-state index in [0.717, 1.165) is 18.4 Å². The SMILES string of the molecule is C[C@@H](O)[C@H](NC(=O)[C@H](CCCCN)NC(=O)[C@@H](Cc1c[nH]c2ccccc12)NC(=O)[C@H](Cc1ccccc1)NC(=O)[C@H](Cc1ccccc1)NC(=O)[C@H](Cc1cnc[nH]1)NC(=O)[C@@H](N)Cc1cn(C(=O)[C@@H](N)CS)cn1)C(=O)N[C@@H](Cc1ccccc1)C(=O)N[C@H](C(=O)N[C@@H](CO)C(=O)N[C@H](CS)C(=O)O)[C@@H](C)O. The van der Waals surface area contributed by atoms with Crippen LogP contribution in [0.3, 0.4) is 0 Å². The number of para-hydroxylation sites is 1. The van der Waals surface area contributed by atoms with Gasteiger partial charge in [-0.2, -0.15) is 25.3 Å². The van der Waals surface area contributed by atoms with Gasteiger partial charge in [-0.15, -0.1) is 0 Å². The van der Waals surface area contributed by atoms with Crippen molar-refractivity contribution < 1.29 is 78.0 Å². The molecule has 109 heavy (non-hydrogen) atoms. The molecule has 3 aromatic heterocycles. The van der Waals surface area contributed by atoms with Crippen LogP contribution in [0.25, 0.3) is 10.9 Å². The molecule has 0 aliphatic carbocycles. The number of carbonyl (C=O) groups is 12. The molecule has 0 aliphatic heterocycles. The van der Waals surface area contributed by atoms with Crippen LogP contribution in [0.1, 0.15) is 71.5 Å². The van der Waals surface area contributed by atoms with Crippen LogP contribution in [0.5, 0.6) is 0 Å². The number of amides is 10. The van der Waals surface area contributed by atoms with E-state index in [1.54, 1.807) is 121 Å². The summed E-state index contributed by atoms with van der Waals surface area (Å²) in [6, 6.07) is 14.0. The van der Waals surface area contributed by atoms with Gasteiger partial charge in [0, 0.05) is 85.2 Å². The second kappa shape index (κ2) is 42.6. The minimum atomic E-state index is -1.88. The lowest BCUT2D eigenvalue weighted by Crippen LogP contribution is -2.63. The maximum atomic E-state index is 15.3. The van der Waals surface area contributed by atoms with E-state index in [9.17, 15) is 63.6 Å². The Morgan fingerprint density at radius 2 is 0.917 bits per heavy atom. The zero-order valence-corrected chi connectivity index (χ0v) is 61.6. The van der Waals surface area contributed by atoms with Crippen LogP contribution in [-0.2, 0) is 91.3 Å². The Morgan fingerprint density at radius 1 is 0.486 bits per heavy atom. The summed E-state index contributed by atoms with van der Waals surface area (Å²) in [7, 11) is 0. The van der Waals surface area contributed by atoms with Crippen LogP contribution >= 0.6 is 25.3 Å². The molecule has 10 amide bonds. The van der Waals surface area contributed by atoms with Crippen LogP contribution < -0.4 is 70.4 Å². The van der Waals surface area contributed by atoms with E-state index >= 15 is 14.4 Å². The van der Waals surface area contributed by atoms with Crippen molar-refractivity contribution in [1.29, 1.82) is 0 Å². The number of nitrogens with two attached hydrogens (primary N) is 3. The lowest BCUT2D eigenvalue weighted by molar-refractivity contribution is -0.142. The molecule has 22 N–H and O–H groups in total. The quantitative estimate of drug-likeness (QED) is 0.0132. The first-order valence-electron chi connectivity index (χ1n) is 35.1. The van der Waals surface area contributed by atoms with Gasteiger partial charge in [-0.05, 0) is 68.0 Å². The number of H-pyrrole nitrogens is 2. The van der Waals surface area contributed by atoms with E-state index in [0.29, 0.717) is 45.3 Å². The molecule has 34 nitrogen and oxygen atoms in total. The zero-order valence-electron chi connectivity index (χ0n) is 59.8. The van der Waals surface area contributed by atoms with Crippen molar-refractivity contribution in [2.24, 2.45) is 17.2 Å². The van der Waals surface area contributed by atoms with Crippen molar-refractivity contribution in [3.05, 3.63) is 180 Å². The van der Waals surface area contributed by atoms with Crippen LogP contribution in [0, 0.1) is 0 Å². The number of fused-ring (bicyclic) bond motifs is 1. The summed E-state index contributed by atoms with van der Waals surface area (Å²) in [6.07, 6.45) is 2.82. The molecule has 584 valence electrons. The third-order valence-corrected chi connectivity index (χ3v) is 18.3. The molecule has 0 fully saturated rings. The number of nitrogens with one attached hydrogen (secondary N) is 12. The highest BCUT2D eigenvalue weighted by Crippen LogP contribution is 2.21. The summed E-state index contributed by atoms with van der Waals surface area (Å²) in [6.45, 7) is 1.39. The average Bonchev–Trinajstić information content (AvgIpc) is 0.985. The standard InChI is InChI=1S/C73H94N18O16S2/c1-40(93)60(70(103)86-55(28-44-20-10-5-11-21-44)68(101)90-61(41(2)94)71(104)87-58(35-92)69(102)88-59(37-109)73(106)107)89-63(96)52(24-14-15-25-74)81-66(99)56(29-45-32-78-51-23-13-12-22-48(45)51)85-65(98)54(27-43-18-8-4-9-19-43)83-64(97)53(26-42-16-6-3-7-17-42)84-67(100)57(31-46-33-77-38-79-46)82-62(95)49(75)30-47-34-91(39-80-47)72(105)50(76)36-108/h3-13,16-23,32-34,38-41,49-50,52-61,78,92-94,108-109H,14-15,24-31,35-37,74-76H2,1-2H3,(H,77,79)(H,81,99)(H,82,95)(H,83,97)(H,84,100)(H,85,98)(H,86,103)(H,87,104)(H,88,102)(H,89,96)(H,90,101)(H,106,107)/t40-,41-,49+,50+,52+,53+,54+,55+,56-,57+,58+,59-,60+,61+/m1/s1. The van der Waals surface area contributed by atoms with Crippen LogP contribution in [0.15, 0.2) is 147 Å². The molecule has 0 spiro atoms. The Balaban J connectivity index is 1.15. The summed E-state index contributed by atoms with van der Waals surface area (Å²) in [5.74, 6) is -12.2. The number of aromatic nitrogens is 5. The molecule has 0 radical (unpaired) electrons. The van der Waals surface area contributed by atoms with Crippen LogP contribution in [-0.4, -0.2) is 225 Å². The second-order valence-corrected chi connectivity index (χ2v) is 26.8. The fraction of sp³-hybridized carbons (Fsp3) is 0.397. The van der Waals surface area contributed by atoms with Crippen molar-refractivity contribution >= 4 is 107 Å². The van der Waals surface area contributed by atoms with E-state index < -0.39 is 162 Å². The lowest BCUT2D eigenvalue weighted by Gasteiger charge is -2.29. The molecule has 3 heterocycles. The third kappa shape index (κ3) is 25.9. The smallest absolute Gasteiger partial charge is 0.327 e. The predicted octanol–water partition coefficient (Wildman–Crippen LogP) is -3.19. The van der Waals surface area contributed by atoms with E-state index in [4.69, 9.17) is 17.2 Å². The first-order chi connectivity index (χ1) is 52.2.